The summed E-state index contributed by atoms with van der Waals surface area (Å²) in [5.41, 5.74) is 0. The smallest absolute Gasteiger partial charge is 0.220 e. The Kier molecular flexibility index (Phi) is 66.7. The highest BCUT2D eigenvalue weighted by atomic mass is 16.7. The summed E-state index contributed by atoms with van der Waals surface area (Å²) >= 11 is 0. The molecule has 2 aliphatic heterocycles. The van der Waals surface area contributed by atoms with E-state index in [1.54, 1.807) is 6.08 Å². The molecule has 0 aromatic carbocycles. The van der Waals surface area contributed by atoms with E-state index in [2.05, 4.69) is 55.6 Å². The second-order valence-corrected chi connectivity index (χ2v) is 30.6. The van der Waals surface area contributed by atoms with Crippen LogP contribution in [0.4, 0.5) is 0 Å². The lowest BCUT2D eigenvalue weighted by Gasteiger charge is -2.46. The molecule has 2 aliphatic rings. The summed E-state index contributed by atoms with van der Waals surface area (Å²) in [4.78, 5) is 13.4. The molecule has 12 unspecified atom stereocenters. The van der Waals surface area contributed by atoms with E-state index in [0.717, 1.165) is 44.9 Å². The van der Waals surface area contributed by atoms with E-state index >= 15 is 0 Å². The van der Waals surface area contributed by atoms with Gasteiger partial charge in [0.15, 0.2) is 12.6 Å². The lowest BCUT2D eigenvalue weighted by Crippen LogP contribution is -2.65. The van der Waals surface area contributed by atoms with Gasteiger partial charge in [-0.1, -0.05) is 377 Å². The van der Waals surface area contributed by atoms with Crippen molar-refractivity contribution in [1.82, 2.24) is 5.32 Å². The maximum absolute atomic E-state index is 13.4. The topological polar surface area (TPSA) is 228 Å². The van der Waals surface area contributed by atoms with Crippen LogP contribution in [0.25, 0.3) is 0 Å². The lowest BCUT2D eigenvalue weighted by atomic mass is 9.97. The van der Waals surface area contributed by atoms with E-state index in [1.807, 2.05) is 6.08 Å². The SMILES string of the molecule is CCCCCCCCCC/C=C\CCCCCCCCCCCCCCCCCCCCCCCCCCCCCCCC(=O)NC(COC1OC(CO)C(OC2OC(CO)C(O)C(O)C2O)C(O)C1O)C(O)/C=C/CC/C=C/CC/C=C/CCCCCCCCCCCCCCCCCC. The maximum Gasteiger partial charge on any atom is 0.220 e. The molecule has 0 aromatic rings. The minimum absolute atomic E-state index is 0.245. The summed E-state index contributed by atoms with van der Waals surface area (Å²) in [7, 11) is 0. The Morgan fingerprint density at radius 1 is 0.347 bits per heavy atom. The zero-order chi connectivity index (χ0) is 73.0. The van der Waals surface area contributed by atoms with Gasteiger partial charge in [0.1, 0.15) is 48.8 Å². The highest BCUT2D eigenvalue weighted by molar-refractivity contribution is 5.76. The van der Waals surface area contributed by atoms with E-state index in [-0.39, 0.29) is 18.9 Å². The third-order valence-electron chi connectivity index (χ3n) is 21.2. The standard InChI is InChI=1S/C87H163NO13/c1-3-5-7-9-11-13-15-17-19-21-23-25-27-29-31-32-33-34-35-36-37-38-39-40-41-42-43-44-45-47-49-51-53-55-57-59-61-63-65-67-69-71-79(92)88-75(74-98-86-84(97)82(95)85(78(73-90)100-86)101-87-83(96)81(94)80(93)77(72-89)99-87)76(91)70-68-66-64-62-60-58-56-54-52-50-48-46-30-28-26-24-22-20-18-16-14-12-10-8-6-4-2/h21,23,52,54,60,62,68,70,75-78,80-87,89-91,93-97H,3-20,22,24-51,53,55-59,61,63-67,69,71-74H2,1-2H3,(H,88,92)/b23-21-,54-52+,62-60+,70-68+. The number of aliphatic hydroxyl groups is 8. The van der Waals surface area contributed by atoms with Gasteiger partial charge in [-0.25, -0.2) is 0 Å². The first-order chi connectivity index (χ1) is 49.6. The molecular formula is C87H163NO13. The molecule has 14 nitrogen and oxygen atoms in total. The molecule has 0 bridgehead atoms. The van der Waals surface area contributed by atoms with Crippen molar-refractivity contribution >= 4 is 5.91 Å². The monoisotopic (exact) mass is 1430 g/mol. The van der Waals surface area contributed by atoms with Gasteiger partial charge in [-0.3, -0.25) is 4.79 Å². The first kappa shape index (κ1) is 95.0. The molecule has 14 heteroatoms. The lowest BCUT2D eigenvalue weighted by molar-refractivity contribution is -0.359. The van der Waals surface area contributed by atoms with Crippen LogP contribution in [0.1, 0.15) is 406 Å². The van der Waals surface area contributed by atoms with Gasteiger partial charge in [0.25, 0.3) is 0 Å². The van der Waals surface area contributed by atoms with Crippen molar-refractivity contribution in [2.75, 3.05) is 19.8 Å². The van der Waals surface area contributed by atoms with Crippen LogP contribution in [0.3, 0.4) is 0 Å². The number of ether oxygens (including phenoxy) is 4. The average Bonchev–Trinajstić information content (AvgIpc) is 0.792. The van der Waals surface area contributed by atoms with Crippen molar-refractivity contribution in [2.45, 2.75) is 479 Å². The third-order valence-corrected chi connectivity index (χ3v) is 21.2. The summed E-state index contributed by atoms with van der Waals surface area (Å²) in [5.74, 6) is -0.245. The molecule has 2 rings (SSSR count). The van der Waals surface area contributed by atoms with Crippen molar-refractivity contribution in [2.24, 2.45) is 0 Å². The van der Waals surface area contributed by atoms with E-state index < -0.39 is 86.8 Å². The molecule has 594 valence electrons. The Balaban J connectivity index is 1.57. The summed E-state index contributed by atoms with van der Waals surface area (Å²) in [6.45, 7) is 2.84. The van der Waals surface area contributed by atoms with E-state index in [0.29, 0.717) is 12.8 Å². The number of hydrogen-bond acceptors (Lipinski definition) is 13. The largest absolute Gasteiger partial charge is 0.394 e. The van der Waals surface area contributed by atoms with E-state index in [1.165, 1.54) is 327 Å². The second-order valence-electron chi connectivity index (χ2n) is 30.6. The van der Waals surface area contributed by atoms with Crippen molar-refractivity contribution < 1.29 is 64.6 Å². The Bertz CT molecular complexity index is 1880. The van der Waals surface area contributed by atoms with Crippen molar-refractivity contribution in [3.63, 3.8) is 0 Å². The number of unbranched alkanes of at least 4 members (excludes halogenated alkanes) is 55. The molecule has 0 saturated carbocycles. The first-order valence-corrected chi connectivity index (χ1v) is 43.4. The van der Waals surface area contributed by atoms with Crippen molar-refractivity contribution in [3.05, 3.63) is 48.6 Å². The van der Waals surface area contributed by atoms with Gasteiger partial charge in [0.2, 0.25) is 5.91 Å². The molecule has 9 N–H and O–H groups in total. The zero-order valence-electron chi connectivity index (χ0n) is 65.4. The van der Waals surface area contributed by atoms with Gasteiger partial charge in [0, 0.05) is 6.42 Å². The van der Waals surface area contributed by atoms with Crippen LogP contribution < -0.4 is 5.32 Å². The van der Waals surface area contributed by atoms with Crippen LogP contribution in [0, 0.1) is 0 Å². The first-order valence-electron chi connectivity index (χ1n) is 43.4. The molecule has 2 saturated heterocycles. The number of allylic oxidation sites excluding steroid dienone is 7. The molecule has 0 aromatic heterocycles. The summed E-state index contributed by atoms with van der Waals surface area (Å²) in [5, 5.41) is 87.7. The van der Waals surface area contributed by atoms with Crippen LogP contribution in [0.2, 0.25) is 0 Å². The average molecular weight is 1430 g/mol. The fourth-order valence-corrected chi connectivity index (χ4v) is 14.4. The number of carbonyl (C=O) groups excluding carboxylic acids is 1. The number of aliphatic hydroxyl groups excluding tert-OH is 8. The minimum Gasteiger partial charge on any atom is -0.394 e. The molecule has 0 aliphatic carbocycles. The third kappa shape index (κ3) is 53.4. The Morgan fingerprint density at radius 2 is 0.634 bits per heavy atom. The molecule has 2 heterocycles. The van der Waals surface area contributed by atoms with Gasteiger partial charge in [0.05, 0.1) is 32.0 Å². The number of carbonyl (C=O) groups is 1. The van der Waals surface area contributed by atoms with Gasteiger partial charge in [-0.15, -0.1) is 0 Å². The van der Waals surface area contributed by atoms with Crippen LogP contribution in [0.5, 0.6) is 0 Å². The maximum atomic E-state index is 13.4. The summed E-state index contributed by atoms with van der Waals surface area (Å²) in [6.07, 6.45) is 79.5. The summed E-state index contributed by atoms with van der Waals surface area (Å²) in [6, 6.07) is -0.939. The Labute approximate surface area is 620 Å². The van der Waals surface area contributed by atoms with Gasteiger partial charge >= 0.3 is 0 Å². The predicted octanol–water partition coefficient (Wildman–Crippen LogP) is 20.5. The Hall–Kier alpha value is -2.05. The Morgan fingerprint density at radius 3 is 0.970 bits per heavy atom. The fraction of sp³-hybridized carbons (Fsp3) is 0.897. The second kappa shape index (κ2) is 70.9. The number of rotatable bonds is 74. The van der Waals surface area contributed by atoms with Crippen LogP contribution in [0.15, 0.2) is 48.6 Å². The molecule has 1 amide bonds. The zero-order valence-corrected chi connectivity index (χ0v) is 65.4. The highest BCUT2D eigenvalue weighted by Gasteiger charge is 2.51. The quantitative estimate of drug-likeness (QED) is 0.0204. The number of amides is 1. The van der Waals surface area contributed by atoms with E-state index in [4.69, 9.17) is 18.9 Å². The fourth-order valence-electron chi connectivity index (χ4n) is 14.4. The van der Waals surface area contributed by atoms with Gasteiger partial charge in [-0.05, 0) is 70.6 Å². The molecule has 2 fully saturated rings. The van der Waals surface area contributed by atoms with Crippen LogP contribution in [-0.2, 0) is 23.7 Å². The van der Waals surface area contributed by atoms with Crippen molar-refractivity contribution in [1.29, 1.82) is 0 Å². The molecule has 0 radical (unpaired) electrons. The van der Waals surface area contributed by atoms with Crippen molar-refractivity contribution in [3.8, 4) is 0 Å². The molecular weight excluding hydrogens is 1270 g/mol. The minimum atomic E-state index is -1.79. The molecule has 101 heavy (non-hydrogen) atoms. The number of nitrogens with one attached hydrogen (secondary N) is 1. The van der Waals surface area contributed by atoms with E-state index in [9.17, 15) is 45.6 Å². The highest BCUT2D eigenvalue weighted by Crippen LogP contribution is 2.30. The predicted molar refractivity (Wildman–Crippen MR) is 420 cm³/mol. The van der Waals surface area contributed by atoms with Gasteiger partial charge in [-0.2, -0.15) is 0 Å². The van der Waals surface area contributed by atoms with Crippen LogP contribution in [-0.4, -0.2) is 140 Å². The molecule has 12 atom stereocenters. The normalized spacial score (nSPS) is 21.9. The molecule has 0 spiro atoms. The number of hydrogen-bond donors (Lipinski definition) is 9. The van der Waals surface area contributed by atoms with Gasteiger partial charge < -0.3 is 65.1 Å². The summed E-state index contributed by atoms with van der Waals surface area (Å²) < 4.78 is 22.9. The van der Waals surface area contributed by atoms with Crippen LogP contribution >= 0.6 is 0 Å².